The fraction of sp³-hybridized carbons (Fsp3) is 1.00. The normalized spacial score (nSPS) is 34.1. The van der Waals surface area contributed by atoms with Gasteiger partial charge in [0.15, 0.2) is 0 Å². The van der Waals surface area contributed by atoms with Gasteiger partial charge < -0.3 is 5.73 Å². The van der Waals surface area contributed by atoms with E-state index in [1.165, 1.54) is 19.3 Å². The molecule has 2 atom stereocenters. The highest BCUT2D eigenvalue weighted by molar-refractivity contribution is 4.84. The van der Waals surface area contributed by atoms with Crippen molar-refractivity contribution in [3.05, 3.63) is 0 Å². The van der Waals surface area contributed by atoms with E-state index in [9.17, 15) is 0 Å². The Morgan fingerprint density at radius 2 is 1.82 bits per heavy atom. The molecule has 11 heavy (non-hydrogen) atoms. The lowest BCUT2D eigenvalue weighted by Gasteiger charge is -2.28. The molecule has 0 aromatic carbocycles. The number of piperidine rings is 1. The molecular weight excluding hydrogens is 136 g/mol. The number of rotatable bonds is 2. The molecule has 65 valence electrons. The van der Waals surface area contributed by atoms with Crippen LogP contribution >= 0.6 is 0 Å². The standard InChI is InChI=1S/C9H20N2/c1-8-4-3-5-9(2)11(8)7-6-10/h8-9H,3-7,10H2,1-2H3/q+1. The van der Waals surface area contributed by atoms with E-state index in [1.54, 1.807) is 0 Å². The lowest BCUT2D eigenvalue weighted by Crippen LogP contribution is -2.50. The predicted molar refractivity (Wildman–Crippen MR) is 48.8 cm³/mol. The Morgan fingerprint density at radius 3 is 2.27 bits per heavy atom. The summed E-state index contributed by atoms with van der Waals surface area (Å²) in [5, 5.41) is 0. The molecule has 0 aromatic rings. The minimum absolute atomic E-state index is 0.752. The van der Waals surface area contributed by atoms with E-state index >= 15 is 0 Å². The third-order valence-corrected chi connectivity index (χ3v) is 2.76. The molecule has 2 unspecified atom stereocenters. The van der Waals surface area contributed by atoms with Crippen LogP contribution in [0.3, 0.4) is 0 Å². The first-order valence-corrected chi connectivity index (χ1v) is 4.71. The number of nitrogens with zero attached hydrogens (tertiary/aromatic N) is 1. The monoisotopic (exact) mass is 156 g/mol. The third kappa shape index (κ3) is 2.17. The Hall–Kier alpha value is -0.0800. The summed E-state index contributed by atoms with van der Waals surface area (Å²) in [6.07, 6.45) is 4.10. The summed E-state index contributed by atoms with van der Waals surface area (Å²) >= 11 is 0. The van der Waals surface area contributed by atoms with Gasteiger partial charge in [0.1, 0.15) is 18.6 Å². The molecule has 1 fully saturated rings. The van der Waals surface area contributed by atoms with Crippen molar-refractivity contribution in [2.75, 3.05) is 13.1 Å². The summed E-state index contributed by atoms with van der Waals surface area (Å²) in [7, 11) is 0. The minimum Gasteiger partial charge on any atom is -0.325 e. The zero-order chi connectivity index (χ0) is 8.27. The van der Waals surface area contributed by atoms with E-state index in [0.29, 0.717) is 0 Å². The molecule has 1 aliphatic rings. The average molecular weight is 156 g/mol. The van der Waals surface area contributed by atoms with Gasteiger partial charge in [0, 0.05) is 19.4 Å². The number of likely N-dealkylation sites (tertiary alicyclic amines) is 1. The van der Waals surface area contributed by atoms with Gasteiger partial charge in [0.2, 0.25) is 0 Å². The largest absolute Gasteiger partial charge is 0.325 e. The van der Waals surface area contributed by atoms with Gasteiger partial charge in [0.05, 0.1) is 0 Å². The van der Waals surface area contributed by atoms with Crippen molar-refractivity contribution >= 4 is 0 Å². The smallest absolute Gasteiger partial charge is 0.135 e. The SMILES string of the molecule is CC1CCCC(C)[N+]1CCN. The van der Waals surface area contributed by atoms with Crippen LogP contribution < -0.4 is 10.6 Å². The molecule has 1 saturated heterocycles. The van der Waals surface area contributed by atoms with Gasteiger partial charge in [-0.2, -0.15) is 4.90 Å². The lowest BCUT2D eigenvalue weighted by molar-refractivity contribution is 0.208. The molecule has 0 spiro atoms. The maximum Gasteiger partial charge on any atom is 0.135 e. The van der Waals surface area contributed by atoms with Crippen LogP contribution in [-0.2, 0) is 0 Å². The Bertz CT molecular complexity index is 104. The van der Waals surface area contributed by atoms with Crippen LogP contribution in [0.5, 0.6) is 0 Å². The van der Waals surface area contributed by atoms with Crippen molar-refractivity contribution in [3.63, 3.8) is 0 Å². The summed E-state index contributed by atoms with van der Waals surface area (Å²) in [4.78, 5) is 2.53. The molecule has 0 aliphatic carbocycles. The van der Waals surface area contributed by atoms with Gasteiger partial charge in [-0.3, -0.25) is 0 Å². The number of hydrogen-bond donors (Lipinski definition) is 1. The Balaban J connectivity index is 2.41. The molecule has 0 aromatic heterocycles. The first kappa shape index (κ1) is 9.01. The van der Waals surface area contributed by atoms with E-state index in [-0.39, 0.29) is 0 Å². The van der Waals surface area contributed by atoms with Crippen molar-refractivity contribution in [1.82, 2.24) is 4.90 Å². The highest BCUT2D eigenvalue weighted by Crippen LogP contribution is 2.18. The molecule has 2 nitrogen and oxygen atoms in total. The molecule has 0 bridgehead atoms. The van der Waals surface area contributed by atoms with Crippen molar-refractivity contribution in [1.29, 1.82) is 0 Å². The topological polar surface area (TPSA) is 31.9 Å². The van der Waals surface area contributed by atoms with Crippen LogP contribution in [-0.4, -0.2) is 25.2 Å². The van der Waals surface area contributed by atoms with Crippen LogP contribution in [0.1, 0.15) is 33.1 Å². The van der Waals surface area contributed by atoms with Gasteiger partial charge in [0.25, 0.3) is 0 Å². The molecule has 1 aliphatic heterocycles. The summed E-state index contributed by atoms with van der Waals surface area (Å²) in [5.41, 5.74) is 5.54. The third-order valence-electron chi connectivity index (χ3n) is 2.76. The van der Waals surface area contributed by atoms with Crippen LogP contribution in [0.25, 0.3) is 0 Å². The summed E-state index contributed by atoms with van der Waals surface area (Å²) in [6.45, 7) is 6.49. The zero-order valence-electron chi connectivity index (χ0n) is 7.71. The quantitative estimate of drug-likeness (QED) is 0.595. The summed E-state index contributed by atoms with van der Waals surface area (Å²) in [6, 6.07) is 1.50. The van der Waals surface area contributed by atoms with Gasteiger partial charge in [-0.05, 0) is 20.3 Å². The van der Waals surface area contributed by atoms with Gasteiger partial charge in [-0.15, -0.1) is 0 Å². The summed E-state index contributed by atoms with van der Waals surface area (Å²) < 4.78 is 0. The van der Waals surface area contributed by atoms with Crippen LogP contribution in [0.15, 0.2) is 0 Å². The minimum atomic E-state index is 0.752. The molecule has 2 N–H and O–H groups in total. The molecule has 1 rings (SSSR count). The van der Waals surface area contributed by atoms with Crippen molar-refractivity contribution in [2.45, 2.75) is 45.2 Å². The Labute approximate surface area is 69.8 Å². The molecule has 2 heteroatoms. The number of hydrogen-bond acceptors (Lipinski definition) is 2. The van der Waals surface area contributed by atoms with Crippen LogP contribution in [0.2, 0.25) is 0 Å². The number of nitrogens with two attached hydrogens (primary N) is 1. The molecule has 1 radical (unpaired) electrons. The van der Waals surface area contributed by atoms with Crippen LogP contribution in [0, 0.1) is 0 Å². The zero-order valence-corrected chi connectivity index (χ0v) is 7.71. The average Bonchev–Trinajstić information content (AvgIpc) is 1.97. The van der Waals surface area contributed by atoms with E-state index in [4.69, 9.17) is 5.73 Å². The highest BCUT2D eigenvalue weighted by atomic mass is 15.2. The first-order chi connectivity index (χ1) is 5.25. The van der Waals surface area contributed by atoms with Gasteiger partial charge >= 0.3 is 0 Å². The Morgan fingerprint density at radius 1 is 1.27 bits per heavy atom. The lowest BCUT2D eigenvalue weighted by atomic mass is 9.98. The van der Waals surface area contributed by atoms with E-state index < -0.39 is 0 Å². The maximum absolute atomic E-state index is 5.54. The second-order valence-electron chi connectivity index (χ2n) is 3.66. The van der Waals surface area contributed by atoms with E-state index in [1.807, 2.05) is 0 Å². The first-order valence-electron chi connectivity index (χ1n) is 4.71. The molecule has 0 saturated carbocycles. The highest BCUT2D eigenvalue weighted by Gasteiger charge is 2.32. The molecule has 1 heterocycles. The van der Waals surface area contributed by atoms with E-state index in [2.05, 4.69) is 18.7 Å². The Kier molecular flexibility index (Phi) is 3.34. The molecular formula is C9H20N2+. The second-order valence-corrected chi connectivity index (χ2v) is 3.66. The predicted octanol–water partition coefficient (Wildman–Crippen LogP) is 1.05. The van der Waals surface area contributed by atoms with Crippen molar-refractivity contribution < 1.29 is 0 Å². The fourth-order valence-electron chi connectivity index (χ4n) is 2.06. The van der Waals surface area contributed by atoms with Crippen LogP contribution in [0.4, 0.5) is 0 Å². The molecule has 0 amide bonds. The fourth-order valence-corrected chi connectivity index (χ4v) is 2.06. The van der Waals surface area contributed by atoms with Crippen molar-refractivity contribution in [2.24, 2.45) is 5.73 Å². The van der Waals surface area contributed by atoms with E-state index in [0.717, 1.165) is 25.2 Å². The summed E-state index contributed by atoms with van der Waals surface area (Å²) in [5.74, 6) is 0. The van der Waals surface area contributed by atoms with Crippen molar-refractivity contribution in [3.8, 4) is 0 Å². The maximum atomic E-state index is 5.54. The van der Waals surface area contributed by atoms with Gasteiger partial charge in [-0.1, -0.05) is 0 Å². The van der Waals surface area contributed by atoms with Gasteiger partial charge in [-0.25, -0.2) is 0 Å². The second kappa shape index (κ2) is 4.07.